The Kier molecular flexibility index (Phi) is 5.54. The number of aromatic nitrogens is 2. The zero-order valence-corrected chi connectivity index (χ0v) is 21.5. The number of amides is 2. The topological polar surface area (TPSA) is 72.2 Å². The Morgan fingerprint density at radius 2 is 1.38 bits per heavy atom. The molecule has 39 heavy (non-hydrogen) atoms. The van der Waals surface area contributed by atoms with Gasteiger partial charge in [0.2, 0.25) is 11.8 Å². The zero-order chi connectivity index (χ0) is 26.6. The molecule has 7 rings (SSSR count). The van der Waals surface area contributed by atoms with Crippen molar-refractivity contribution in [2.24, 2.45) is 5.92 Å². The van der Waals surface area contributed by atoms with Gasteiger partial charge in [0.1, 0.15) is 5.82 Å². The fraction of sp³-hybridized carbons (Fsp3) is 0.250. The molecule has 2 N–H and O–H groups in total. The van der Waals surface area contributed by atoms with E-state index in [0.29, 0.717) is 25.3 Å². The quantitative estimate of drug-likeness (QED) is 0.317. The van der Waals surface area contributed by atoms with Gasteiger partial charge in [-0.1, -0.05) is 36.4 Å². The Labute approximate surface area is 225 Å². The number of para-hydroxylation sites is 2. The number of hydrogen-bond acceptors (Lipinski definition) is 2. The van der Waals surface area contributed by atoms with Gasteiger partial charge in [-0.2, -0.15) is 0 Å². The molecule has 2 fully saturated rings. The molecular formula is C32H29FN4O2. The first-order valence-corrected chi connectivity index (χ1v) is 13.5. The molecule has 7 heteroatoms. The average molecular weight is 521 g/mol. The monoisotopic (exact) mass is 520 g/mol. The summed E-state index contributed by atoms with van der Waals surface area (Å²) in [5, 5.41) is 2.41. The molecule has 0 spiro atoms. The third-order valence-corrected chi connectivity index (χ3v) is 8.75. The molecule has 2 aliphatic heterocycles. The number of piperidine rings is 1. The minimum atomic E-state index is -0.392. The van der Waals surface area contributed by atoms with Crippen molar-refractivity contribution >= 4 is 39.3 Å². The number of carbonyl (C=O) groups excluding carboxylic acids is 2. The second kappa shape index (κ2) is 9.12. The van der Waals surface area contributed by atoms with Crippen LogP contribution in [0.1, 0.15) is 30.4 Å². The minimum Gasteiger partial charge on any atom is -0.361 e. The van der Waals surface area contributed by atoms with Crippen LogP contribution < -0.4 is 4.90 Å². The second-order valence-corrected chi connectivity index (χ2v) is 10.8. The number of halogens is 1. The highest BCUT2D eigenvalue weighted by atomic mass is 19.1. The van der Waals surface area contributed by atoms with Gasteiger partial charge in [0, 0.05) is 71.4 Å². The minimum absolute atomic E-state index is 0.0272. The molecule has 2 amide bonds. The van der Waals surface area contributed by atoms with Gasteiger partial charge in [0.25, 0.3) is 0 Å². The Morgan fingerprint density at radius 1 is 0.821 bits per heavy atom. The lowest BCUT2D eigenvalue weighted by Crippen LogP contribution is -2.47. The number of hydrogen-bond donors (Lipinski definition) is 2. The van der Waals surface area contributed by atoms with E-state index >= 15 is 0 Å². The number of nitrogens with one attached hydrogen (secondary N) is 2. The number of carbonyl (C=O) groups is 2. The van der Waals surface area contributed by atoms with Crippen molar-refractivity contribution < 1.29 is 14.0 Å². The zero-order valence-electron chi connectivity index (χ0n) is 21.5. The molecule has 3 aromatic carbocycles. The number of nitrogens with zero attached hydrogens (tertiary/aromatic N) is 2. The van der Waals surface area contributed by atoms with E-state index in [1.807, 2.05) is 17.0 Å². The van der Waals surface area contributed by atoms with E-state index in [-0.39, 0.29) is 29.5 Å². The summed E-state index contributed by atoms with van der Waals surface area (Å²) in [7, 11) is 0. The van der Waals surface area contributed by atoms with Gasteiger partial charge >= 0.3 is 0 Å². The molecule has 0 bridgehead atoms. The van der Waals surface area contributed by atoms with Crippen molar-refractivity contribution in [1.82, 2.24) is 14.9 Å². The van der Waals surface area contributed by atoms with Gasteiger partial charge in [-0.15, -0.1) is 0 Å². The molecule has 5 aromatic rings. The Morgan fingerprint density at radius 3 is 1.97 bits per heavy atom. The summed E-state index contributed by atoms with van der Waals surface area (Å²) < 4.78 is 13.4. The molecule has 4 heterocycles. The van der Waals surface area contributed by atoms with Crippen molar-refractivity contribution in [2.45, 2.75) is 24.7 Å². The lowest BCUT2D eigenvalue weighted by molar-refractivity contribution is -0.137. The molecule has 0 saturated carbocycles. The largest absolute Gasteiger partial charge is 0.361 e. The van der Waals surface area contributed by atoms with Crippen molar-refractivity contribution in [3.63, 3.8) is 0 Å². The third-order valence-electron chi connectivity index (χ3n) is 8.75. The maximum absolute atomic E-state index is 13.7. The van der Waals surface area contributed by atoms with E-state index in [2.05, 4.69) is 58.8 Å². The lowest BCUT2D eigenvalue weighted by atomic mass is 9.67. The standard InChI is InChI=1S/C32H29FN4O2/c33-22-9-11-23(12-10-22)37-20-21(17-30(37)38)31(39)36-15-13-32(14-16-36,26-18-34-28-7-3-1-5-24(26)28)27-19-35-29-8-4-2-6-25(27)29/h1-12,18-19,21,34-35H,13-17,20H2. The van der Waals surface area contributed by atoms with Crippen molar-refractivity contribution in [3.8, 4) is 0 Å². The molecule has 2 saturated heterocycles. The van der Waals surface area contributed by atoms with Crippen LogP contribution in [0.4, 0.5) is 10.1 Å². The fourth-order valence-corrected chi connectivity index (χ4v) is 6.73. The summed E-state index contributed by atoms with van der Waals surface area (Å²) in [6.45, 7) is 1.55. The van der Waals surface area contributed by atoms with Crippen LogP contribution in [0.15, 0.2) is 85.2 Å². The molecule has 0 radical (unpaired) electrons. The van der Waals surface area contributed by atoms with E-state index in [4.69, 9.17) is 0 Å². The molecular weight excluding hydrogens is 491 g/mol. The van der Waals surface area contributed by atoms with E-state index < -0.39 is 5.92 Å². The summed E-state index contributed by atoms with van der Waals surface area (Å²) in [5.41, 5.74) is 5.10. The second-order valence-electron chi connectivity index (χ2n) is 10.8. The fourth-order valence-electron chi connectivity index (χ4n) is 6.73. The predicted octanol–water partition coefficient (Wildman–Crippen LogP) is 5.75. The summed E-state index contributed by atoms with van der Waals surface area (Å²) >= 11 is 0. The Balaban J connectivity index is 1.18. The summed E-state index contributed by atoms with van der Waals surface area (Å²) in [5.74, 6) is -0.806. The number of rotatable bonds is 4. The van der Waals surface area contributed by atoms with E-state index in [0.717, 1.165) is 23.9 Å². The summed E-state index contributed by atoms with van der Waals surface area (Å²) in [6, 6.07) is 22.7. The number of benzene rings is 3. The van der Waals surface area contributed by atoms with Crippen LogP contribution in [0.5, 0.6) is 0 Å². The molecule has 2 aromatic heterocycles. The predicted molar refractivity (Wildman–Crippen MR) is 150 cm³/mol. The first kappa shape index (κ1) is 23.7. The maximum atomic E-state index is 13.7. The summed E-state index contributed by atoms with van der Waals surface area (Å²) in [4.78, 5) is 36.9. The number of anilines is 1. The third kappa shape index (κ3) is 3.83. The molecule has 196 valence electrons. The van der Waals surface area contributed by atoms with E-state index in [1.165, 1.54) is 34.0 Å². The Bertz CT molecular complexity index is 1620. The summed E-state index contributed by atoms with van der Waals surface area (Å²) in [6.07, 6.45) is 6.03. The van der Waals surface area contributed by atoms with Crippen LogP contribution >= 0.6 is 0 Å². The van der Waals surface area contributed by atoms with E-state index in [9.17, 15) is 14.0 Å². The van der Waals surface area contributed by atoms with Crippen LogP contribution in [-0.2, 0) is 15.0 Å². The number of H-pyrrole nitrogens is 2. The highest BCUT2D eigenvalue weighted by Crippen LogP contribution is 2.47. The van der Waals surface area contributed by atoms with Crippen molar-refractivity contribution in [3.05, 3.63) is 102 Å². The van der Waals surface area contributed by atoms with Crippen LogP contribution in [0, 0.1) is 11.7 Å². The Hall–Kier alpha value is -4.39. The normalized spacial score (nSPS) is 19.3. The van der Waals surface area contributed by atoms with Crippen LogP contribution in [0.2, 0.25) is 0 Å². The van der Waals surface area contributed by atoms with Crippen molar-refractivity contribution in [2.75, 3.05) is 24.5 Å². The van der Waals surface area contributed by atoms with Gasteiger partial charge < -0.3 is 19.8 Å². The maximum Gasteiger partial charge on any atom is 0.228 e. The molecule has 0 aliphatic carbocycles. The SMILES string of the molecule is O=C(C1CC(=O)N(c2ccc(F)cc2)C1)N1CCC(c2c[nH]c3ccccc23)(c2c[nH]c3ccccc23)CC1. The molecule has 6 nitrogen and oxygen atoms in total. The van der Waals surface area contributed by atoms with Gasteiger partial charge in [-0.05, 0) is 60.4 Å². The highest BCUT2D eigenvalue weighted by molar-refractivity contribution is 6.00. The molecule has 1 atom stereocenters. The highest BCUT2D eigenvalue weighted by Gasteiger charge is 2.44. The van der Waals surface area contributed by atoms with Crippen molar-refractivity contribution in [1.29, 1.82) is 0 Å². The number of fused-ring (bicyclic) bond motifs is 2. The van der Waals surface area contributed by atoms with Gasteiger partial charge in [-0.3, -0.25) is 9.59 Å². The average Bonchev–Trinajstić information content (AvgIpc) is 3.70. The first-order chi connectivity index (χ1) is 19.0. The van der Waals surface area contributed by atoms with Gasteiger partial charge in [-0.25, -0.2) is 4.39 Å². The number of aromatic amines is 2. The smallest absolute Gasteiger partial charge is 0.228 e. The van der Waals surface area contributed by atoms with Crippen LogP contribution in [0.3, 0.4) is 0 Å². The van der Waals surface area contributed by atoms with Crippen LogP contribution in [-0.4, -0.2) is 46.3 Å². The lowest BCUT2D eigenvalue weighted by Gasteiger charge is -2.43. The van der Waals surface area contributed by atoms with E-state index in [1.54, 1.807) is 17.0 Å². The molecule has 2 aliphatic rings. The molecule has 1 unspecified atom stereocenters. The van der Waals surface area contributed by atoms with Crippen LogP contribution in [0.25, 0.3) is 21.8 Å². The first-order valence-electron chi connectivity index (χ1n) is 13.5. The number of likely N-dealkylation sites (tertiary alicyclic amines) is 1. The van der Waals surface area contributed by atoms with Gasteiger partial charge in [0.15, 0.2) is 0 Å². The van der Waals surface area contributed by atoms with Gasteiger partial charge in [0.05, 0.1) is 5.92 Å².